The van der Waals surface area contributed by atoms with Crippen molar-refractivity contribution in [1.82, 2.24) is 9.55 Å². The molecule has 0 aliphatic carbocycles. The molecule has 0 saturated carbocycles. The van der Waals surface area contributed by atoms with E-state index in [1.807, 2.05) is 30.5 Å². The first-order valence-corrected chi connectivity index (χ1v) is 10.7. The molecule has 4 aromatic carbocycles. The van der Waals surface area contributed by atoms with Crippen LogP contribution in [0.25, 0.3) is 38.8 Å². The quantitative estimate of drug-likeness (QED) is 0.324. The predicted molar refractivity (Wildman–Crippen MR) is 134 cm³/mol. The predicted octanol–water partition coefficient (Wildman–Crippen LogP) is 7.59. The zero-order valence-corrected chi connectivity index (χ0v) is 17.4. The average Bonchev–Trinajstić information content (AvgIpc) is 3.21. The second kappa shape index (κ2) is 7.71. The first kappa shape index (κ1) is 18.4. The third kappa shape index (κ3) is 3.12. The van der Waals surface area contributed by atoms with Crippen molar-refractivity contribution >= 4 is 33.2 Å². The monoisotopic (exact) mass is 411 g/mol. The van der Waals surface area contributed by atoms with Gasteiger partial charge in [-0.3, -0.25) is 4.98 Å². The van der Waals surface area contributed by atoms with Crippen LogP contribution in [0.4, 0.5) is 11.4 Å². The molecule has 0 radical (unpaired) electrons. The van der Waals surface area contributed by atoms with Gasteiger partial charge in [-0.05, 0) is 36.4 Å². The number of aromatic nitrogens is 2. The van der Waals surface area contributed by atoms with Crippen LogP contribution in [0.2, 0.25) is 0 Å². The lowest BCUT2D eigenvalue weighted by Crippen LogP contribution is -1.98. The van der Waals surface area contributed by atoms with Gasteiger partial charge in [-0.2, -0.15) is 0 Å². The fourth-order valence-corrected chi connectivity index (χ4v) is 4.40. The van der Waals surface area contributed by atoms with E-state index in [1.54, 1.807) is 0 Å². The van der Waals surface area contributed by atoms with E-state index in [0.29, 0.717) is 0 Å². The van der Waals surface area contributed by atoms with Gasteiger partial charge in [-0.1, -0.05) is 78.9 Å². The van der Waals surface area contributed by atoms with Crippen LogP contribution < -0.4 is 5.32 Å². The Kier molecular flexibility index (Phi) is 4.43. The summed E-state index contributed by atoms with van der Waals surface area (Å²) in [7, 11) is 0. The summed E-state index contributed by atoms with van der Waals surface area (Å²) in [6.45, 7) is 0. The van der Waals surface area contributed by atoms with Crippen LogP contribution in [-0.4, -0.2) is 9.55 Å². The number of rotatable bonds is 4. The minimum absolute atomic E-state index is 0.950. The molecule has 3 nitrogen and oxygen atoms in total. The third-order valence-corrected chi connectivity index (χ3v) is 5.82. The van der Waals surface area contributed by atoms with Gasteiger partial charge in [0.1, 0.15) is 0 Å². The molecule has 6 aromatic rings. The van der Waals surface area contributed by atoms with Crippen molar-refractivity contribution in [3.63, 3.8) is 0 Å². The molecule has 2 aromatic heterocycles. The molecule has 0 fully saturated rings. The van der Waals surface area contributed by atoms with E-state index in [1.165, 1.54) is 16.3 Å². The Morgan fingerprint density at radius 1 is 0.625 bits per heavy atom. The first-order valence-electron chi connectivity index (χ1n) is 10.7. The molecule has 0 bridgehead atoms. The van der Waals surface area contributed by atoms with Crippen molar-refractivity contribution in [3.8, 4) is 16.9 Å². The summed E-state index contributed by atoms with van der Waals surface area (Å²) in [6.07, 6.45) is 1.86. The minimum Gasteiger partial charge on any atom is -0.354 e. The van der Waals surface area contributed by atoms with E-state index in [2.05, 4.69) is 106 Å². The first-order chi connectivity index (χ1) is 15.9. The third-order valence-electron chi connectivity index (χ3n) is 5.82. The molecule has 0 spiro atoms. The van der Waals surface area contributed by atoms with Crippen LogP contribution in [-0.2, 0) is 0 Å². The van der Waals surface area contributed by atoms with Crippen molar-refractivity contribution < 1.29 is 0 Å². The number of benzene rings is 4. The van der Waals surface area contributed by atoms with Gasteiger partial charge in [0.15, 0.2) is 0 Å². The zero-order chi connectivity index (χ0) is 21.3. The SMILES string of the molecule is c1ccc(-c2cc(Nc3cccc4c5ccccc5n(-c5ccccc5)c34)ccn2)cc1. The highest BCUT2D eigenvalue weighted by Gasteiger charge is 2.15. The number of pyridine rings is 1. The van der Waals surface area contributed by atoms with Gasteiger partial charge in [0.25, 0.3) is 0 Å². The summed E-state index contributed by atoms with van der Waals surface area (Å²) >= 11 is 0. The Morgan fingerprint density at radius 2 is 1.34 bits per heavy atom. The molecule has 0 amide bonds. The molecule has 0 aliphatic rings. The topological polar surface area (TPSA) is 29.9 Å². The van der Waals surface area contributed by atoms with Gasteiger partial charge < -0.3 is 9.88 Å². The maximum absolute atomic E-state index is 4.57. The number of para-hydroxylation sites is 3. The van der Waals surface area contributed by atoms with Crippen molar-refractivity contribution in [2.45, 2.75) is 0 Å². The smallest absolute Gasteiger partial charge is 0.0776 e. The van der Waals surface area contributed by atoms with Gasteiger partial charge >= 0.3 is 0 Å². The van der Waals surface area contributed by atoms with Crippen molar-refractivity contribution in [2.75, 3.05) is 5.32 Å². The van der Waals surface area contributed by atoms with Crippen LogP contribution in [0, 0.1) is 0 Å². The highest BCUT2D eigenvalue weighted by Crippen LogP contribution is 2.37. The summed E-state index contributed by atoms with van der Waals surface area (Å²) in [4.78, 5) is 4.57. The maximum atomic E-state index is 4.57. The Balaban J connectivity index is 1.54. The van der Waals surface area contributed by atoms with Crippen molar-refractivity contribution in [3.05, 3.63) is 121 Å². The number of fused-ring (bicyclic) bond motifs is 3. The van der Waals surface area contributed by atoms with E-state index in [9.17, 15) is 0 Å². The summed E-state index contributed by atoms with van der Waals surface area (Å²) in [5, 5.41) is 6.14. The van der Waals surface area contributed by atoms with E-state index < -0.39 is 0 Å². The van der Waals surface area contributed by atoms with Crippen molar-refractivity contribution in [1.29, 1.82) is 0 Å². The lowest BCUT2D eigenvalue weighted by Gasteiger charge is -2.13. The second-order valence-electron chi connectivity index (χ2n) is 7.81. The van der Waals surface area contributed by atoms with Gasteiger partial charge in [-0.25, -0.2) is 0 Å². The average molecular weight is 412 g/mol. The lowest BCUT2D eigenvalue weighted by molar-refractivity contribution is 1.18. The molecule has 6 rings (SSSR count). The second-order valence-corrected chi connectivity index (χ2v) is 7.81. The van der Waals surface area contributed by atoms with Crippen LogP contribution in [0.15, 0.2) is 121 Å². The molecule has 0 atom stereocenters. The van der Waals surface area contributed by atoms with Crippen LogP contribution in [0.5, 0.6) is 0 Å². The molecule has 0 aliphatic heterocycles. The highest BCUT2D eigenvalue weighted by atomic mass is 15.0. The van der Waals surface area contributed by atoms with Gasteiger partial charge in [0.2, 0.25) is 0 Å². The molecular weight excluding hydrogens is 390 g/mol. The van der Waals surface area contributed by atoms with Crippen molar-refractivity contribution in [2.24, 2.45) is 0 Å². The molecule has 152 valence electrons. The molecule has 32 heavy (non-hydrogen) atoms. The minimum atomic E-state index is 0.950. The molecule has 1 N–H and O–H groups in total. The van der Waals surface area contributed by atoms with Gasteiger partial charge in [-0.15, -0.1) is 0 Å². The number of nitrogens with zero attached hydrogens (tertiary/aromatic N) is 2. The molecule has 0 unspecified atom stereocenters. The van der Waals surface area contributed by atoms with Crippen LogP contribution >= 0.6 is 0 Å². The summed E-state index contributed by atoms with van der Waals surface area (Å²) in [5.74, 6) is 0. The largest absolute Gasteiger partial charge is 0.354 e. The number of hydrogen-bond acceptors (Lipinski definition) is 2. The highest BCUT2D eigenvalue weighted by molar-refractivity contribution is 6.13. The summed E-state index contributed by atoms with van der Waals surface area (Å²) < 4.78 is 2.34. The standard InChI is InChI=1S/C29H21N3/c1-3-10-21(11-4-1)27-20-22(18-19-30-27)31-26-16-9-15-25-24-14-7-8-17-28(24)32(29(25)26)23-12-5-2-6-13-23/h1-20H,(H,30,31). The van der Waals surface area contributed by atoms with Gasteiger partial charge in [0.05, 0.1) is 22.4 Å². The van der Waals surface area contributed by atoms with E-state index >= 15 is 0 Å². The Hall–Kier alpha value is -4.37. The number of hydrogen-bond donors (Lipinski definition) is 1. The zero-order valence-electron chi connectivity index (χ0n) is 17.4. The Bertz CT molecular complexity index is 1530. The summed E-state index contributed by atoms with van der Waals surface area (Å²) in [6, 6.07) is 40.0. The van der Waals surface area contributed by atoms with Crippen LogP contribution in [0.1, 0.15) is 0 Å². The summed E-state index contributed by atoms with van der Waals surface area (Å²) in [5.41, 5.74) is 7.64. The Labute approximate surface area is 186 Å². The molecule has 2 heterocycles. The number of nitrogens with one attached hydrogen (secondary N) is 1. The lowest BCUT2D eigenvalue weighted by atomic mass is 10.1. The van der Waals surface area contributed by atoms with E-state index in [4.69, 9.17) is 0 Å². The maximum Gasteiger partial charge on any atom is 0.0776 e. The molecular formula is C29H21N3. The van der Waals surface area contributed by atoms with Gasteiger partial charge in [0, 0.05) is 33.9 Å². The molecule has 0 saturated heterocycles. The normalized spacial score (nSPS) is 11.1. The van der Waals surface area contributed by atoms with E-state index in [0.717, 1.165) is 33.8 Å². The number of anilines is 2. The molecule has 3 heteroatoms. The Morgan fingerprint density at radius 3 is 2.19 bits per heavy atom. The van der Waals surface area contributed by atoms with Crippen LogP contribution in [0.3, 0.4) is 0 Å². The fourth-order valence-electron chi connectivity index (χ4n) is 4.40. The van der Waals surface area contributed by atoms with E-state index in [-0.39, 0.29) is 0 Å². The fraction of sp³-hybridized carbons (Fsp3) is 0.